The van der Waals surface area contributed by atoms with E-state index in [1.54, 1.807) is 0 Å². The van der Waals surface area contributed by atoms with Crippen LogP contribution in [0.1, 0.15) is 67.2 Å². The highest BCUT2D eigenvalue weighted by Gasteiger charge is 2.28. The van der Waals surface area contributed by atoms with Crippen LogP contribution in [0.15, 0.2) is 0 Å². The predicted octanol–water partition coefficient (Wildman–Crippen LogP) is 3.01. The number of primary amides is 3. The fraction of sp³-hybridized carbons (Fsp3) is 0.810. The lowest BCUT2D eigenvalue weighted by Crippen LogP contribution is -2.37. The van der Waals surface area contributed by atoms with Crippen molar-refractivity contribution in [3.8, 4) is 0 Å². The number of carbonyl (C=O) groups excluding carboxylic acids is 4. The maximum atomic E-state index is 11.4. The van der Waals surface area contributed by atoms with Gasteiger partial charge in [0, 0.05) is 16.9 Å². The highest BCUT2D eigenvalue weighted by atomic mass is 16.6. The maximum Gasteiger partial charge on any atom is 0.407 e. The standard InChI is InChI=1S/C12H24N2O4.C9H18N2O4/c1-5-6-12(4,7-17-10(13)15)8-18-11(16)14-9(2)3;1-3-4-9(2,5-14-7(10)12)6-15-8(11)13/h9H,5-8H2,1-4H3,(H2,13,15)(H,14,16);3-6H2,1-2H3,(H2,10,12)(H2,11,13). The van der Waals surface area contributed by atoms with Crippen molar-refractivity contribution in [2.75, 3.05) is 26.4 Å². The van der Waals surface area contributed by atoms with Gasteiger partial charge in [0.2, 0.25) is 0 Å². The molecule has 0 bridgehead atoms. The summed E-state index contributed by atoms with van der Waals surface area (Å²) in [4.78, 5) is 42.9. The summed E-state index contributed by atoms with van der Waals surface area (Å²) in [6, 6.07) is 0.0248. The number of carbonyl (C=O) groups is 4. The van der Waals surface area contributed by atoms with Gasteiger partial charge in [-0.1, -0.05) is 40.5 Å². The molecule has 0 aromatic carbocycles. The Morgan fingerprint density at radius 1 is 0.697 bits per heavy atom. The third kappa shape index (κ3) is 19.5. The number of hydrogen-bond acceptors (Lipinski definition) is 8. The number of nitrogens with one attached hydrogen (secondary N) is 1. The van der Waals surface area contributed by atoms with E-state index in [2.05, 4.69) is 5.32 Å². The molecule has 4 amide bonds. The van der Waals surface area contributed by atoms with Gasteiger partial charge < -0.3 is 41.5 Å². The summed E-state index contributed by atoms with van der Waals surface area (Å²) in [6.07, 6.45) is 0.334. The van der Waals surface area contributed by atoms with E-state index in [1.807, 2.05) is 41.5 Å². The number of rotatable bonds is 13. The third-order valence-corrected chi connectivity index (χ3v) is 4.35. The van der Waals surface area contributed by atoms with Crippen LogP contribution in [-0.2, 0) is 18.9 Å². The van der Waals surface area contributed by atoms with Crippen LogP contribution in [0.5, 0.6) is 0 Å². The molecule has 0 aliphatic heterocycles. The van der Waals surface area contributed by atoms with Crippen LogP contribution in [0.2, 0.25) is 0 Å². The van der Waals surface area contributed by atoms with Crippen molar-refractivity contribution in [2.45, 2.75) is 73.3 Å². The summed E-state index contributed by atoms with van der Waals surface area (Å²) >= 11 is 0. The minimum atomic E-state index is -0.837. The molecule has 194 valence electrons. The lowest BCUT2D eigenvalue weighted by atomic mass is 9.87. The first-order valence-corrected chi connectivity index (χ1v) is 10.9. The van der Waals surface area contributed by atoms with E-state index in [0.717, 1.165) is 25.7 Å². The van der Waals surface area contributed by atoms with Crippen LogP contribution in [0, 0.1) is 10.8 Å². The fourth-order valence-corrected chi connectivity index (χ4v) is 2.83. The topological polar surface area (TPSA) is 195 Å². The van der Waals surface area contributed by atoms with Crippen LogP contribution in [0.3, 0.4) is 0 Å². The monoisotopic (exact) mass is 478 g/mol. The summed E-state index contributed by atoms with van der Waals surface area (Å²) in [7, 11) is 0. The van der Waals surface area contributed by atoms with Gasteiger partial charge in [-0.15, -0.1) is 0 Å². The summed E-state index contributed by atoms with van der Waals surface area (Å²) in [5, 5.41) is 2.63. The highest BCUT2D eigenvalue weighted by molar-refractivity contribution is 5.67. The van der Waals surface area contributed by atoms with Crippen molar-refractivity contribution in [3.05, 3.63) is 0 Å². The quantitative estimate of drug-likeness (QED) is 0.290. The summed E-state index contributed by atoms with van der Waals surface area (Å²) < 4.78 is 19.3. The molecule has 1 atom stereocenters. The number of ether oxygens (including phenoxy) is 4. The van der Waals surface area contributed by atoms with E-state index in [1.165, 1.54) is 0 Å². The van der Waals surface area contributed by atoms with Gasteiger partial charge in [-0.05, 0) is 26.7 Å². The van der Waals surface area contributed by atoms with Gasteiger partial charge in [-0.25, -0.2) is 19.2 Å². The Balaban J connectivity index is 0. The summed E-state index contributed by atoms with van der Waals surface area (Å²) in [6.45, 7) is 12.0. The van der Waals surface area contributed by atoms with Gasteiger partial charge in [-0.2, -0.15) is 0 Å². The van der Waals surface area contributed by atoms with Crippen LogP contribution in [0.4, 0.5) is 19.2 Å². The normalized spacial score (nSPS) is 12.5. The van der Waals surface area contributed by atoms with Crippen LogP contribution in [0.25, 0.3) is 0 Å². The van der Waals surface area contributed by atoms with Crippen molar-refractivity contribution in [2.24, 2.45) is 28.0 Å². The molecule has 0 saturated heterocycles. The molecule has 12 nitrogen and oxygen atoms in total. The molecule has 0 aliphatic carbocycles. The summed E-state index contributed by atoms with van der Waals surface area (Å²) in [5.74, 6) is 0. The Bertz CT molecular complexity index is 597. The van der Waals surface area contributed by atoms with Crippen LogP contribution in [-0.4, -0.2) is 56.8 Å². The van der Waals surface area contributed by atoms with E-state index in [-0.39, 0.29) is 32.5 Å². The van der Waals surface area contributed by atoms with E-state index in [0.29, 0.717) is 0 Å². The fourth-order valence-electron chi connectivity index (χ4n) is 2.83. The van der Waals surface area contributed by atoms with E-state index in [4.69, 9.17) is 36.1 Å². The number of nitrogens with two attached hydrogens (primary N) is 3. The Labute approximate surface area is 196 Å². The molecule has 0 spiro atoms. The van der Waals surface area contributed by atoms with Crippen molar-refractivity contribution in [1.82, 2.24) is 5.32 Å². The van der Waals surface area contributed by atoms with Crippen molar-refractivity contribution < 1.29 is 38.1 Å². The van der Waals surface area contributed by atoms with E-state index in [9.17, 15) is 19.2 Å². The molecule has 0 aromatic rings. The van der Waals surface area contributed by atoms with Crippen LogP contribution < -0.4 is 22.5 Å². The molecule has 0 saturated carbocycles. The maximum absolute atomic E-state index is 11.4. The molecule has 0 aliphatic rings. The van der Waals surface area contributed by atoms with Gasteiger partial charge in [-0.3, -0.25) is 0 Å². The van der Waals surface area contributed by atoms with Gasteiger partial charge in [0.05, 0.1) is 0 Å². The molecule has 12 heteroatoms. The summed E-state index contributed by atoms with van der Waals surface area (Å²) in [5.41, 5.74) is 13.8. The largest absolute Gasteiger partial charge is 0.449 e. The lowest BCUT2D eigenvalue weighted by Gasteiger charge is -2.27. The average Bonchev–Trinajstić information content (AvgIpc) is 2.69. The zero-order chi connectivity index (χ0) is 26.1. The van der Waals surface area contributed by atoms with Gasteiger partial charge in [0.1, 0.15) is 26.4 Å². The molecular weight excluding hydrogens is 436 g/mol. The minimum absolute atomic E-state index is 0.0248. The second-order valence-electron chi connectivity index (χ2n) is 8.82. The van der Waals surface area contributed by atoms with E-state index < -0.39 is 35.2 Å². The SMILES string of the molecule is CCCC(C)(COC(N)=O)COC(=O)NC(C)C.CCCC(C)(COC(N)=O)COC(N)=O. The number of hydrogen-bond donors (Lipinski definition) is 4. The zero-order valence-corrected chi connectivity index (χ0v) is 20.7. The molecule has 0 fully saturated rings. The molecule has 0 rings (SSSR count). The molecule has 1 unspecified atom stereocenters. The highest BCUT2D eigenvalue weighted by Crippen LogP contribution is 2.25. The van der Waals surface area contributed by atoms with Crippen molar-refractivity contribution in [1.29, 1.82) is 0 Å². The smallest absolute Gasteiger partial charge is 0.407 e. The molecule has 7 N–H and O–H groups in total. The molecule has 0 heterocycles. The average molecular weight is 479 g/mol. The molecule has 0 aromatic heterocycles. The zero-order valence-electron chi connectivity index (χ0n) is 20.7. The van der Waals surface area contributed by atoms with E-state index >= 15 is 0 Å². The second-order valence-corrected chi connectivity index (χ2v) is 8.82. The Hall–Kier alpha value is -2.92. The first-order valence-electron chi connectivity index (χ1n) is 10.9. The van der Waals surface area contributed by atoms with Gasteiger partial charge in [0.25, 0.3) is 0 Å². The minimum Gasteiger partial charge on any atom is -0.449 e. The van der Waals surface area contributed by atoms with Gasteiger partial charge in [0.15, 0.2) is 0 Å². The first kappa shape index (κ1) is 32.3. The second kappa shape index (κ2) is 16.7. The number of amides is 4. The van der Waals surface area contributed by atoms with Gasteiger partial charge >= 0.3 is 24.4 Å². The Kier molecular flexibility index (Phi) is 16.3. The molecule has 33 heavy (non-hydrogen) atoms. The third-order valence-electron chi connectivity index (χ3n) is 4.35. The Morgan fingerprint density at radius 2 is 1.00 bits per heavy atom. The van der Waals surface area contributed by atoms with Crippen molar-refractivity contribution >= 4 is 24.4 Å². The predicted molar refractivity (Wildman–Crippen MR) is 122 cm³/mol. The Morgan fingerprint density at radius 3 is 1.24 bits per heavy atom. The molecular formula is C21H42N4O8. The van der Waals surface area contributed by atoms with Crippen molar-refractivity contribution in [3.63, 3.8) is 0 Å². The molecule has 0 radical (unpaired) electrons. The van der Waals surface area contributed by atoms with Crippen LogP contribution >= 0.6 is 0 Å². The number of alkyl carbamates (subject to hydrolysis) is 1. The first-order chi connectivity index (χ1) is 15.2. The lowest BCUT2D eigenvalue weighted by molar-refractivity contribution is 0.0332.